The van der Waals surface area contributed by atoms with E-state index in [-0.39, 0.29) is 29.7 Å². The van der Waals surface area contributed by atoms with E-state index in [1.807, 2.05) is 187 Å². The second-order valence-electron chi connectivity index (χ2n) is 36.1. The number of aromatic nitrogens is 14. The molecule has 12 heterocycles. The van der Waals surface area contributed by atoms with Crippen LogP contribution in [0.1, 0.15) is 112 Å². The molecule has 0 spiro atoms. The van der Waals surface area contributed by atoms with Crippen molar-refractivity contribution in [1.82, 2.24) is 99.2 Å². The second-order valence-corrected chi connectivity index (χ2v) is 36.1. The number of aromatic amines is 2. The van der Waals surface area contributed by atoms with Crippen molar-refractivity contribution in [2.24, 2.45) is 11.3 Å². The van der Waals surface area contributed by atoms with Crippen molar-refractivity contribution in [1.29, 1.82) is 0 Å². The van der Waals surface area contributed by atoms with Crippen LogP contribution in [0.3, 0.4) is 0 Å². The van der Waals surface area contributed by atoms with E-state index in [1.165, 1.54) is 25.7 Å². The molecule has 4 aromatic carbocycles. The summed E-state index contributed by atoms with van der Waals surface area (Å²) in [6, 6.07) is 48.6. The third-order valence-electron chi connectivity index (χ3n) is 25.0. The highest BCUT2D eigenvalue weighted by Gasteiger charge is 2.33. The predicted molar refractivity (Wildman–Crippen MR) is 526 cm³/mol. The van der Waals surface area contributed by atoms with Crippen LogP contribution in [0.2, 0.25) is 0 Å². The summed E-state index contributed by atoms with van der Waals surface area (Å²) >= 11 is 0. The van der Waals surface area contributed by atoms with Crippen molar-refractivity contribution >= 4 is 104 Å². The summed E-state index contributed by atoms with van der Waals surface area (Å²) < 4.78 is 17.5. The van der Waals surface area contributed by atoms with E-state index < -0.39 is 0 Å². The lowest BCUT2D eigenvalue weighted by Crippen LogP contribution is -2.47. The maximum atomic E-state index is 13.0. The molecule has 10 aromatic heterocycles. The largest absolute Gasteiger partial charge is 0.493 e. The summed E-state index contributed by atoms with van der Waals surface area (Å²) in [5.74, 6) is 4.49. The van der Waals surface area contributed by atoms with Crippen LogP contribution in [-0.4, -0.2) is 237 Å². The Balaban J connectivity index is 0.000000125. The summed E-state index contributed by atoms with van der Waals surface area (Å²) in [5, 5.41) is 15.1. The summed E-state index contributed by atoms with van der Waals surface area (Å²) in [7, 11) is 12.9. The number of rotatable bonds is 23. The normalized spacial score (nSPS) is 15.9. The van der Waals surface area contributed by atoms with E-state index in [9.17, 15) is 19.2 Å². The fraction of sp³-hybridized carbons (Fsp3) is 0.308. The molecule has 4 aliphatic carbocycles. The van der Waals surface area contributed by atoms with E-state index >= 15 is 0 Å². The fourth-order valence-electron chi connectivity index (χ4n) is 17.3. The summed E-state index contributed by atoms with van der Waals surface area (Å²) in [6.45, 7) is 16.4. The first kappa shape index (κ1) is 91.8. The Morgan fingerprint density at radius 2 is 0.896 bits per heavy atom. The van der Waals surface area contributed by atoms with Crippen LogP contribution in [0, 0.1) is 25.2 Å². The molecule has 31 nitrogen and oxygen atoms in total. The van der Waals surface area contributed by atoms with Gasteiger partial charge in [0, 0.05) is 223 Å². The monoisotopic (exact) mass is 1810 g/mol. The lowest BCUT2D eigenvalue weighted by molar-refractivity contribution is -0.125. The van der Waals surface area contributed by atoms with Gasteiger partial charge in [0.15, 0.2) is 0 Å². The van der Waals surface area contributed by atoms with Crippen LogP contribution >= 0.6 is 0 Å². The number of pyridine rings is 4. The number of fused-ring (bicyclic) bond motifs is 4. The number of piperazine rings is 2. The number of carbonyl (C=O) groups excluding carboxylic acids is 4. The molecule has 690 valence electrons. The van der Waals surface area contributed by atoms with E-state index in [4.69, 9.17) is 14.2 Å². The molecule has 4 fully saturated rings. The van der Waals surface area contributed by atoms with Crippen molar-refractivity contribution in [2.75, 3.05) is 130 Å². The molecule has 6 aliphatic rings. The van der Waals surface area contributed by atoms with Crippen molar-refractivity contribution in [3.8, 4) is 57.1 Å². The SMILES string of the molecule is CC1CCC(Oc2ccnc(-c3ccnc(Nc4ccc5c(c4)CC(C(=O)N(C)C)=C5)n3)c2)C1.CN(C)C(=O)C1=Cc2ccc(Nc3nccc(-c4cc(OCC5(C)CCC5)ccn4)n3)cc2C1.COCc1ccnc(-c2ccnc(Nc3cc(C)c4[nH]c(C(=O)N5CCN(C)CC5)cc4c3)n2)c1.Cc1cc(Nc2nccc(-c3ccccn3)n2)cc2cc(C(=O)N3CCN(C)CC3)[nH]c12. The molecule has 2 saturated heterocycles. The van der Waals surface area contributed by atoms with Crippen LogP contribution in [0.25, 0.3) is 79.5 Å². The van der Waals surface area contributed by atoms with Crippen molar-refractivity contribution < 1.29 is 33.4 Å². The van der Waals surface area contributed by atoms with Crippen molar-refractivity contribution in [3.05, 3.63) is 263 Å². The maximum absolute atomic E-state index is 13.0. The van der Waals surface area contributed by atoms with Crippen LogP contribution in [-0.2, 0) is 33.8 Å². The molecular weight excluding hydrogens is 1700 g/mol. The average molecular weight is 1810 g/mol. The predicted octanol–water partition coefficient (Wildman–Crippen LogP) is 16.8. The number of H-pyrrole nitrogens is 2. The highest BCUT2D eigenvalue weighted by atomic mass is 16.5. The Bertz CT molecular complexity index is 6730. The molecule has 31 heteroatoms. The number of hydrogen-bond acceptors (Lipinski definition) is 25. The van der Waals surface area contributed by atoms with E-state index in [2.05, 4.69) is 129 Å². The Kier molecular flexibility index (Phi) is 28.1. The Hall–Kier alpha value is -15.1. The molecule has 2 unspecified atom stereocenters. The average Bonchev–Trinajstić information content (AvgIpc) is 1.65. The van der Waals surface area contributed by atoms with Gasteiger partial charge in [0.05, 0.1) is 64.9 Å². The molecule has 0 radical (unpaired) electrons. The smallest absolute Gasteiger partial charge is 0.270 e. The first-order valence-electron chi connectivity index (χ1n) is 45.7. The van der Waals surface area contributed by atoms with Crippen LogP contribution < -0.4 is 30.7 Å². The van der Waals surface area contributed by atoms with Gasteiger partial charge in [-0.1, -0.05) is 38.5 Å². The van der Waals surface area contributed by atoms with Gasteiger partial charge in [-0.15, -0.1) is 0 Å². The van der Waals surface area contributed by atoms with Gasteiger partial charge in [-0.25, -0.2) is 39.9 Å². The summed E-state index contributed by atoms with van der Waals surface area (Å²) in [5.41, 5.74) is 22.0. The standard InChI is InChI=1S/2C27H29N5O2.C26H29N7O2.C24H25N7O/c1-27(9-4-10-27)17-34-22-7-11-28-24(16-22)23-8-12-29-26(31-23)30-21-6-5-18-13-20(14-19(18)15-21)25(33)32(2)3;1-17-4-7-22(12-17)34-23-8-10-28-25(16-23)24-9-11-29-27(31-24)30-21-6-5-18-13-20(14-19(18)15-21)26(33)32(2)3;1-17-12-20(14-19-15-23(30-24(17)19)25(34)33-10-8-32(2)9-11-33)29-26-28-7-5-21(31-26)22-13-18(16-35-3)4-6-27-22;1-16-13-18(27-24-26-8-6-20(29-24)19-5-3-4-7-25-19)14-17-15-21(28-22(16)17)23(32)31-11-9-30(2)10-12-31/h5-8,11-13,15-16H,4,9-10,14,17H2,1-3H3,(H,29,30,31);5-6,8-11,13,15-17,22H,4,7,12,14H2,1-3H3,(H,29,30,31);4-7,12-15,30H,8-11,16H2,1-3H3,(H,28,29,31);3-8,13-15,28H,9-12H2,1-2H3,(H,26,27,29). The molecule has 0 bridgehead atoms. The number of nitrogens with one attached hydrogen (secondary N) is 6. The lowest BCUT2D eigenvalue weighted by Gasteiger charge is -2.37. The molecule has 6 N–H and O–H groups in total. The molecule has 20 rings (SSSR count). The Morgan fingerprint density at radius 1 is 0.459 bits per heavy atom. The van der Waals surface area contributed by atoms with Crippen LogP contribution in [0.4, 0.5) is 46.5 Å². The van der Waals surface area contributed by atoms with Crippen molar-refractivity contribution in [2.45, 2.75) is 91.8 Å². The van der Waals surface area contributed by atoms with Gasteiger partial charge in [0.25, 0.3) is 11.8 Å². The number of ether oxygens (including phenoxy) is 3. The lowest BCUT2D eigenvalue weighted by atomic mass is 9.71. The van der Waals surface area contributed by atoms with Gasteiger partial charge in [-0.05, 0) is 238 Å². The molecule has 2 atom stereocenters. The molecule has 4 amide bonds. The van der Waals surface area contributed by atoms with Gasteiger partial charge in [0.1, 0.15) is 22.9 Å². The fourth-order valence-corrected chi connectivity index (χ4v) is 17.3. The number of benzene rings is 4. The minimum atomic E-state index is 0.0437. The number of nitrogens with zero attached hydrogens (tertiary/aromatic N) is 18. The van der Waals surface area contributed by atoms with Gasteiger partial charge in [-0.2, -0.15) is 0 Å². The Morgan fingerprint density at radius 3 is 1.33 bits per heavy atom. The van der Waals surface area contributed by atoms with E-state index in [1.54, 1.807) is 94.7 Å². The number of anilines is 8. The molecule has 14 aromatic rings. The first-order chi connectivity index (χ1) is 65.4. The quantitative estimate of drug-likeness (QED) is 0.0346. The third-order valence-corrected chi connectivity index (χ3v) is 25.0. The number of amides is 4. The number of aryl methyl sites for hydroxylation is 2. The second kappa shape index (κ2) is 41.4. The van der Waals surface area contributed by atoms with Crippen LogP contribution in [0.15, 0.2) is 212 Å². The Labute approximate surface area is 784 Å². The maximum Gasteiger partial charge on any atom is 0.270 e. The minimum absolute atomic E-state index is 0.0437. The first-order valence-corrected chi connectivity index (χ1v) is 45.7. The van der Waals surface area contributed by atoms with Gasteiger partial charge >= 0.3 is 0 Å². The highest BCUT2D eigenvalue weighted by Crippen LogP contribution is 2.42. The summed E-state index contributed by atoms with van der Waals surface area (Å²) in [4.78, 5) is 123. The van der Waals surface area contributed by atoms with Crippen LogP contribution in [0.5, 0.6) is 11.5 Å². The van der Waals surface area contributed by atoms with E-state index in [0.29, 0.717) is 60.0 Å². The topological polar surface area (TPSA) is 350 Å². The number of likely N-dealkylation sites (N-methyl/N-ethyl adjacent to an activating group) is 4. The third kappa shape index (κ3) is 22.8. The van der Waals surface area contributed by atoms with Crippen molar-refractivity contribution in [3.63, 3.8) is 0 Å². The molecule has 2 aliphatic heterocycles. The van der Waals surface area contributed by atoms with E-state index in [0.717, 1.165) is 229 Å². The zero-order chi connectivity index (χ0) is 93.8. The number of hydrogen-bond donors (Lipinski definition) is 6. The molecule has 2 saturated carbocycles. The number of carbonyl (C=O) groups is 4. The highest BCUT2D eigenvalue weighted by molar-refractivity contribution is 6.03. The van der Waals surface area contributed by atoms with Gasteiger partial charge < -0.3 is 74.8 Å². The summed E-state index contributed by atoms with van der Waals surface area (Å²) in [6.07, 6.45) is 26.5. The minimum Gasteiger partial charge on any atom is -0.493 e. The molecular formula is C104H112N24O7. The van der Waals surface area contributed by atoms with Gasteiger partial charge in [-0.3, -0.25) is 39.1 Å². The molecule has 135 heavy (non-hydrogen) atoms. The van der Waals surface area contributed by atoms with Gasteiger partial charge in [0.2, 0.25) is 35.6 Å². The number of methoxy groups -OCH3 is 1. The zero-order valence-corrected chi connectivity index (χ0v) is 78.0. The zero-order valence-electron chi connectivity index (χ0n) is 78.0.